The molecule has 0 unspecified atom stereocenters. The minimum Gasteiger partial charge on any atom is -0.136 e. The second kappa shape index (κ2) is 6.85. The molecular formula is C24H12S2Si4. The molecule has 8 radical (unpaired) electrons. The molecule has 0 saturated heterocycles. The summed E-state index contributed by atoms with van der Waals surface area (Å²) in [4.78, 5) is 0. The van der Waals surface area contributed by atoms with Gasteiger partial charge in [-0.15, -0.1) is 22.7 Å². The van der Waals surface area contributed by atoms with Gasteiger partial charge in [-0.05, 0) is 20.7 Å². The van der Waals surface area contributed by atoms with Gasteiger partial charge in [0.05, 0.1) is 36.1 Å². The summed E-state index contributed by atoms with van der Waals surface area (Å²) >= 11 is 4.06. The summed E-state index contributed by atoms with van der Waals surface area (Å²) < 4.78 is 6.05. The Kier molecular flexibility index (Phi) is 4.07. The van der Waals surface area contributed by atoms with Crippen LogP contribution < -0.4 is 20.7 Å². The van der Waals surface area contributed by atoms with Crippen LogP contribution in [0.1, 0.15) is 0 Å². The van der Waals surface area contributed by atoms with E-state index in [-0.39, 0.29) is 0 Å². The van der Waals surface area contributed by atoms with E-state index in [1.165, 1.54) is 40.3 Å². The number of thiophene rings is 2. The predicted octanol–water partition coefficient (Wildman–Crippen LogP) is 3.28. The molecule has 0 saturated carbocycles. The van der Waals surface area contributed by atoms with Crippen LogP contribution >= 0.6 is 22.7 Å². The summed E-state index contributed by atoms with van der Waals surface area (Å²) in [7, 11) is 3.33. The highest BCUT2D eigenvalue weighted by Gasteiger charge is 2.17. The van der Waals surface area contributed by atoms with Gasteiger partial charge in [-0.25, -0.2) is 0 Å². The Hall–Kier alpha value is -1.81. The molecular weight excluding hydrogens is 465 g/mol. The monoisotopic (exact) mass is 476 g/mol. The first-order valence-electron chi connectivity index (χ1n) is 9.79. The van der Waals surface area contributed by atoms with E-state index in [1.807, 2.05) is 22.7 Å². The summed E-state index contributed by atoms with van der Waals surface area (Å²) in [5.41, 5.74) is 0. The van der Waals surface area contributed by atoms with Crippen molar-refractivity contribution in [1.29, 1.82) is 0 Å². The number of fused-ring (bicyclic) bond motifs is 2. The summed E-state index contributed by atoms with van der Waals surface area (Å²) in [5.74, 6) is 0. The zero-order valence-electron chi connectivity index (χ0n) is 15.7. The zero-order chi connectivity index (χ0) is 19.7. The van der Waals surface area contributed by atoms with Gasteiger partial charge in [0.15, 0.2) is 0 Å². The van der Waals surface area contributed by atoms with Gasteiger partial charge in [0.1, 0.15) is 0 Å². The summed E-state index contributed by atoms with van der Waals surface area (Å²) in [6.07, 6.45) is 0. The summed E-state index contributed by atoms with van der Waals surface area (Å²) in [6.45, 7) is 0. The standard InChI is InChI=1S/C24H12S2Si4/c1-5-13-14-6-2-10-18-22(14)25-21(13)17(9-1)27-28-19-11-3-7-15-16-8-4-12-20(30-29-18)24(16)26-23(15)19/h1-12H. The second-order valence-electron chi connectivity index (χ2n) is 7.43. The third-order valence-corrected chi connectivity index (χ3v) is 16.0. The van der Waals surface area contributed by atoms with E-state index in [4.69, 9.17) is 0 Å². The molecule has 0 atom stereocenters. The fraction of sp³-hybridized carbons (Fsp3) is 0. The number of benzene rings is 4. The lowest BCUT2D eigenvalue weighted by molar-refractivity contribution is 1.88. The zero-order valence-corrected chi connectivity index (χ0v) is 21.4. The van der Waals surface area contributed by atoms with E-state index in [0.29, 0.717) is 0 Å². The molecule has 0 aliphatic carbocycles. The number of hydrogen-bond donors (Lipinski definition) is 0. The fourth-order valence-electron chi connectivity index (χ4n) is 4.30. The van der Waals surface area contributed by atoms with Crippen LogP contribution in [0.15, 0.2) is 72.8 Å². The van der Waals surface area contributed by atoms with Crippen molar-refractivity contribution in [2.45, 2.75) is 0 Å². The SMILES string of the molecule is c1cc2c3sc4c(cccc4c3c1)[Si][Si]c1cccc3c1sc1c(cccc13)[Si][Si]2. The average molecular weight is 477 g/mol. The molecule has 7 rings (SSSR count). The lowest BCUT2D eigenvalue weighted by Gasteiger charge is -2.04. The molecule has 0 N–H and O–H groups in total. The van der Waals surface area contributed by atoms with E-state index in [2.05, 4.69) is 72.8 Å². The van der Waals surface area contributed by atoms with E-state index >= 15 is 0 Å². The van der Waals surface area contributed by atoms with Crippen molar-refractivity contribution in [1.82, 2.24) is 0 Å². The Bertz CT molecular complexity index is 1370. The smallest absolute Gasteiger partial charge is 0.0732 e. The maximum absolute atomic E-state index is 2.36. The lowest BCUT2D eigenvalue weighted by atomic mass is 10.1. The van der Waals surface area contributed by atoms with E-state index in [1.54, 1.807) is 20.7 Å². The Balaban J connectivity index is 1.55. The maximum atomic E-state index is 2.36. The van der Waals surface area contributed by atoms with Gasteiger partial charge >= 0.3 is 0 Å². The van der Waals surface area contributed by atoms with Crippen LogP contribution in [0.5, 0.6) is 0 Å². The van der Waals surface area contributed by atoms with Crippen molar-refractivity contribution >= 4 is 120 Å². The molecule has 3 heterocycles. The van der Waals surface area contributed by atoms with Gasteiger partial charge in [0, 0.05) is 40.3 Å². The van der Waals surface area contributed by atoms with E-state index in [9.17, 15) is 0 Å². The van der Waals surface area contributed by atoms with Crippen LogP contribution in [0.4, 0.5) is 0 Å². The van der Waals surface area contributed by atoms with Crippen LogP contribution in [-0.4, -0.2) is 36.1 Å². The maximum Gasteiger partial charge on any atom is 0.0732 e. The van der Waals surface area contributed by atoms with Crippen molar-refractivity contribution in [3.05, 3.63) is 72.8 Å². The molecule has 0 nitrogen and oxygen atoms in total. The Morgan fingerprint density at radius 1 is 0.367 bits per heavy atom. The predicted molar refractivity (Wildman–Crippen MR) is 140 cm³/mol. The third kappa shape index (κ3) is 2.58. The van der Waals surface area contributed by atoms with Crippen LogP contribution in [-0.2, 0) is 0 Å². The number of rotatable bonds is 0. The van der Waals surface area contributed by atoms with Crippen molar-refractivity contribution in [3.63, 3.8) is 0 Å². The first-order valence-corrected chi connectivity index (χ1v) is 17.4. The first kappa shape index (κ1) is 17.8. The molecule has 6 aromatic rings. The van der Waals surface area contributed by atoms with Gasteiger partial charge < -0.3 is 0 Å². The topological polar surface area (TPSA) is 0 Å². The van der Waals surface area contributed by atoms with Gasteiger partial charge in [0.25, 0.3) is 0 Å². The molecule has 2 aromatic heterocycles. The number of hydrogen-bond acceptors (Lipinski definition) is 2. The largest absolute Gasteiger partial charge is 0.136 e. The molecule has 0 spiro atoms. The molecule has 136 valence electrons. The molecule has 6 heteroatoms. The average Bonchev–Trinajstić information content (AvgIpc) is 3.36. The highest BCUT2D eigenvalue weighted by molar-refractivity contribution is 7.33. The second-order valence-corrected chi connectivity index (χ2v) is 15.6. The third-order valence-electron chi connectivity index (χ3n) is 5.71. The van der Waals surface area contributed by atoms with Crippen LogP contribution in [0.2, 0.25) is 0 Å². The van der Waals surface area contributed by atoms with Crippen molar-refractivity contribution in [2.75, 3.05) is 0 Å². The highest BCUT2D eigenvalue weighted by Crippen LogP contribution is 2.33. The summed E-state index contributed by atoms with van der Waals surface area (Å²) in [5, 5.41) is 12.0. The molecule has 0 fully saturated rings. The Labute approximate surface area is 191 Å². The molecule has 4 bridgehead atoms. The van der Waals surface area contributed by atoms with Crippen LogP contribution in [0, 0.1) is 0 Å². The first-order chi connectivity index (χ1) is 14.9. The minimum absolute atomic E-state index is 0.832. The highest BCUT2D eigenvalue weighted by atomic mass is 32.1. The minimum atomic E-state index is 0.832. The fourth-order valence-corrected chi connectivity index (χ4v) is 15.3. The lowest BCUT2D eigenvalue weighted by Crippen LogP contribution is -2.30. The van der Waals surface area contributed by atoms with Crippen molar-refractivity contribution < 1.29 is 0 Å². The van der Waals surface area contributed by atoms with Crippen LogP contribution in [0.3, 0.4) is 0 Å². The molecule has 1 aliphatic rings. The normalized spacial score (nSPS) is 14.1. The van der Waals surface area contributed by atoms with E-state index in [0.717, 1.165) is 36.1 Å². The van der Waals surface area contributed by atoms with E-state index < -0.39 is 0 Å². The molecule has 0 amide bonds. The molecule has 30 heavy (non-hydrogen) atoms. The van der Waals surface area contributed by atoms with Gasteiger partial charge in [-0.3, -0.25) is 0 Å². The van der Waals surface area contributed by atoms with Crippen LogP contribution in [0.25, 0.3) is 40.3 Å². The van der Waals surface area contributed by atoms with Gasteiger partial charge in [-0.1, -0.05) is 72.8 Å². The van der Waals surface area contributed by atoms with Crippen molar-refractivity contribution in [3.8, 4) is 0 Å². The Morgan fingerprint density at radius 3 is 0.900 bits per heavy atom. The summed E-state index contributed by atoms with van der Waals surface area (Å²) in [6, 6.07) is 27.8. The molecule has 1 aliphatic heterocycles. The molecule has 4 aromatic carbocycles. The van der Waals surface area contributed by atoms with Crippen molar-refractivity contribution in [2.24, 2.45) is 0 Å². The van der Waals surface area contributed by atoms with Gasteiger partial charge in [0.2, 0.25) is 0 Å². The Morgan fingerprint density at radius 2 is 0.633 bits per heavy atom. The van der Waals surface area contributed by atoms with Gasteiger partial charge in [-0.2, -0.15) is 0 Å². The quantitative estimate of drug-likeness (QED) is 0.295.